The van der Waals surface area contributed by atoms with Crippen molar-refractivity contribution in [3.63, 3.8) is 0 Å². The van der Waals surface area contributed by atoms with Crippen LogP contribution >= 0.6 is 11.8 Å². The average molecular weight is 266 g/mol. The molecule has 0 saturated carbocycles. The van der Waals surface area contributed by atoms with E-state index in [1.165, 1.54) is 0 Å². The van der Waals surface area contributed by atoms with Crippen molar-refractivity contribution < 1.29 is 4.74 Å². The number of thioether (sulfide) groups is 1. The lowest BCUT2D eigenvalue weighted by molar-refractivity contribution is 0.192. The van der Waals surface area contributed by atoms with Gasteiger partial charge in [0.15, 0.2) is 0 Å². The summed E-state index contributed by atoms with van der Waals surface area (Å²) in [6.45, 7) is 6.39. The maximum absolute atomic E-state index is 7.69. The fraction of sp³-hybridized carbons (Fsp3) is 0.500. The van der Waals surface area contributed by atoms with E-state index in [0.29, 0.717) is 17.2 Å². The van der Waals surface area contributed by atoms with E-state index in [9.17, 15) is 0 Å². The SMILES string of the molecule is CSc1cccc(OC(C)CC(C)C)c1C(=N)N. The fourth-order valence-electron chi connectivity index (χ4n) is 1.97. The second-order valence-electron chi connectivity index (χ2n) is 4.81. The van der Waals surface area contributed by atoms with Crippen LogP contribution in [0.4, 0.5) is 0 Å². The molecule has 0 spiro atoms. The van der Waals surface area contributed by atoms with Crippen molar-refractivity contribution in [2.75, 3.05) is 6.26 Å². The van der Waals surface area contributed by atoms with Crippen molar-refractivity contribution in [1.82, 2.24) is 0 Å². The number of benzene rings is 1. The van der Waals surface area contributed by atoms with E-state index in [4.69, 9.17) is 15.9 Å². The van der Waals surface area contributed by atoms with E-state index in [2.05, 4.69) is 20.8 Å². The Labute approximate surface area is 114 Å². The Bertz CT molecular complexity index is 418. The maximum atomic E-state index is 7.69. The second-order valence-corrected chi connectivity index (χ2v) is 5.65. The molecule has 3 nitrogen and oxygen atoms in total. The second kappa shape index (κ2) is 6.69. The Morgan fingerprint density at radius 3 is 2.56 bits per heavy atom. The monoisotopic (exact) mass is 266 g/mol. The molecule has 3 N–H and O–H groups in total. The van der Waals surface area contributed by atoms with Crippen LogP contribution in [0.15, 0.2) is 23.1 Å². The molecule has 0 aliphatic heterocycles. The number of rotatable bonds is 6. The van der Waals surface area contributed by atoms with E-state index >= 15 is 0 Å². The summed E-state index contributed by atoms with van der Waals surface area (Å²) in [5, 5.41) is 7.69. The van der Waals surface area contributed by atoms with Gasteiger partial charge in [-0.05, 0) is 37.7 Å². The highest BCUT2D eigenvalue weighted by atomic mass is 32.2. The molecule has 0 aromatic heterocycles. The topological polar surface area (TPSA) is 59.1 Å². The van der Waals surface area contributed by atoms with Gasteiger partial charge in [-0.3, -0.25) is 5.41 Å². The zero-order valence-corrected chi connectivity index (χ0v) is 12.3. The number of nitrogens with two attached hydrogens (primary N) is 1. The number of ether oxygens (including phenoxy) is 1. The van der Waals surface area contributed by atoms with Gasteiger partial charge in [-0.15, -0.1) is 11.8 Å². The average Bonchev–Trinajstić information content (AvgIpc) is 2.26. The first-order chi connectivity index (χ1) is 8.45. The molecule has 0 fully saturated rings. The van der Waals surface area contributed by atoms with Crippen LogP contribution in [-0.4, -0.2) is 18.2 Å². The van der Waals surface area contributed by atoms with Gasteiger partial charge in [0.2, 0.25) is 0 Å². The lowest BCUT2D eigenvalue weighted by Crippen LogP contribution is -2.19. The van der Waals surface area contributed by atoms with Gasteiger partial charge in [-0.1, -0.05) is 19.9 Å². The lowest BCUT2D eigenvalue weighted by atomic mass is 10.1. The van der Waals surface area contributed by atoms with Gasteiger partial charge in [-0.25, -0.2) is 0 Å². The van der Waals surface area contributed by atoms with Crippen LogP contribution in [0.25, 0.3) is 0 Å². The Morgan fingerprint density at radius 1 is 1.39 bits per heavy atom. The molecule has 0 bridgehead atoms. The third-order valence-corrected chi connectivity index (χ3v) is 3.39. The van der Waals surface area contributed by atoms with Crippen LogP contribution in [-0.2, 0) is 0 Å². The van der Waals surface area contributed by atoms with Gasteiger partial charge in [0.05, 0.1) is 11.7 Å². The molecule has 0 aliphatic carbocycles. The number of nitrogens with one attached hydrogen (secondary N) is 1. The molecule has 1 aromatic carbocycles. The molecule has 0 radical (unpaired) electrons. The smallest absolute Gasteiger partial charge is 0.131 e. The molecule has 1 unspecified atom stereocenters. The van der Waals surface area contributed by atoms with Crippen LogP contribution in [0.1, 0.15) is 32.8 Å². The van der Waals surface area contributed by atoms with Crippen molar-refractivity contribution in [1.29, 1.82) is 5.41 Å². The molecule has 0 heterocycles. The summed E-state index contributed by atoms with van der Waals surface area (Å²) in [5.41, 5.74) is 6.37. The normalized spacial score (nSPS) is 12.5. The molecule has 4 heteroatoms. The van der Waals surface area contributed by atoms with Crippen molar-refractivity contribution in [2.24, 2.45) is 11.7 Å². The van der Waals surface area contributed by atoms with Crippen molar-refractivity contribution in [3.05, 3.63) is 23.8 Å². The highest BCUT2D eigenvalue weighted by Gasteiger charge is 2.15. The molecule has 1 rings (SSSR count). The molecule has 0 saturated heterocycles. The van der Waals surface area contributed by atoms with Crippen LogP contribution in [0.5, 0.6) is 5.75 Å². The maximum Gasteiger partial charge on any atom is 0.131 e. The fourth-order valence-corrected chi connectivity index (χ4v) is 2.60. The van der Waals surface area contributed by atoms with E-state index in [0.717, 1.165) is 11.3 Å². The lowest BCUT2D eigenvalue weighted by Gasteiger charge is -2.19. The summed E-state index contributed by atoms with van der Waals surface area (Å²) in [6.07, 6.45) is 3.09. The number of amidine groups is 1. The van der Waals surface area contributed by atoms with Crippen LogP contribution in [0.2, 0.25) is 0 Å². The zero-order chi connectivity index (χ0) is 13.7. The number of hydrogen-bond acceptors (Lipinski definition) is 3. The highest BCUT2D eigenvalue weighted by Crippen LogP contribution is 2.29. The third kappa shape index (κ3) is 3.95. The van der Waals surface area contributed by atoms with Gasteiger partial charge in [0.25, 0.3) is 0 Å². The van der Waals surface area contributed by atoms with E-state index in [-0.39, 0.29) is 11.9 Å². The molecule has 0 amide bonds. The molecule has 100 valence electrons. The minimum absolute atomic E-state index is 0.0618. The molecular weight excluding hydrogens is 244 g/mol. The van der Waals surface area contributed by atoms with E-state index in [1.54, 1.807) is 11.8 Å². The minimum atomic E-state index is 0.0618. The molecular formula is C14H22N2OS. The largest absolute Gasteiger partial charge is 0.490 e. The molecule has 18 heavy (non-hydrogen) atoms. The summed E-state index contributed by atoms with van der Waals surface area (Å²) in [5.74, 6) is 1.36. The number of nitrogen functional groups attached to an aromatic ring is 1. The Kier molecular flexibility index (Phi) is 5.54. The molecule has 1 aromatic rings. The molecule has 0 aliphatic rings. The first kappa shape index (κ1) is 14.9. The standard InChI is InChI=1S/C14H22N2OS/c1-9(2)8-10(3)17-11-6-5-7-12(18-4)13(11)14(15)16/h5-7,9-10H,8H2,1-4H3,(H3,15,16). The van der Waals surface area contributed by atoms with Gasteiger partial charge in [0.1, 0.15) is 11.6 Å². The summed E-state index contributed by atoms with van der Waals surface area (Å²) in [4.78, 5) is 0.983. The van der Waals surface area contributed by atoms with Crippen LogP contribution in [0, 0.1) is 11.3 Å². The van der Waals surface area contributed by atoms with Gasteiger partial charge < -0.3 is 10.5 Å². The van der Waals surface area contributed by atoms with Crippen LogP contribution < -0.4 is 10.5 Å². The zero-order valence-electron chi connectivity index (χ0n) is 11.5. The van der Waals surface area contributed by atoms with Crippen molar-refractivity contribution in [3.8, 4) is 5.75 Å². The minimum Gasteiger partial charge on any atom is -0.490 e. The van der Waals surface area contributed by atoms with Gasteiger partial charge in [-0.2, -0.15) is 0 Å². The van der Waals surface area contributed by atoms with Crippen LogP contribution in [0.3, 0.4) is 0 Å². The third-order valence-electron chi connectivity index (χ3n) is 2.61. The predicted octanol–water partition coefficient (Wildman–Crippen LogP) is 3.51. The van der Waals surface area contributed by atoms with E-state index < -0.39 is 0 Å². The van der Waals surface area contributed by atoms with Gasteiger partial charge in [0, 0.05) is 4.90 Å². The van der Waals surface area contributed by atoms with Crippen molar-refractivity contribution in [2.45, 2.75) is 38.2 Å². The summed E-state index contributed by atoms with van der Waals surface area (Å²) < 4.78 is 5.93. The van der Waals surface area contributed by atoms with Crippen molar-refractivity contribution >= 4 is 17.6 Å². The first-order valence-corrected chi connectivity index (χ1v) is 7.36. The Morgan fingerprint density at radius 2 is 2.06 bits per heavy atom. The summed E-state index contributed by atoms with van der Waals surface area (Å²) in [6, 6.07) is 5.78. The molecule has 1 atom stereocenters. The summed E-state index contributed by atoms with van der Waals surface area (Å²) >= 11 is 1.58. The highest BCUT2D eigenvalue weighted by molar-refractivity contribution is 7.98. The first-order valence-electron chi connectivity index (χ1n) is 6.13. The van der Waals surface area contributed by atoms with Gasteiger partial charge >= 0.3 is 0 Å². The Hall–Kier alpha value is -1.16. The van der Waals surface area contributed by atoms with E-state index in [1.807, 2.05) is 24.5 Å². The predicted molar refractivity (Wildman–Crippen MR) is 78.8 cm³/mol. The quantitative estimate of drug-likeness (QED) is 0.470. The Balaban J connectivity index is 2.98. The number of hydrogen-bond donors (Lipinski definition) is 2. The summed E-state index contributed by atoms with van der Waals surface area (Å²) in [7, 11) is 0.